The number of ether oxygens (including phenoxy) is 5. The number of alkyl halides is 3. The third-order valence-corrected chi connectivity index (χ3v) is 7.86. The van der Waals surface area contributed by atoms with Gasteiger partial charge in [0.05, 0.1) is 28.9 Å². The van der Waals surface area contributed by atoms with Crippen LogP contribution in [0.25, 0.3) is 0 Å². The number of carboxylic acid groups (broad SMARTS) is 1. The molecule has 4 aromatic carbocycles. The summed E-state index contributed by atoms with van der Waals surface area (Å²) >= 11 is 0. The lowest BCUT2D eigenvalue weighted by molar-refractivity contribution is -0.324. The van der Waals surface area contributed by atoms with Crippen LogP contribution >= 0.6 is 0 Å². The molecule has 13 nitrogen and oxygen atoms in total. The Kier molecular flexibility index (Phi) is 15.6. The van der Waals surface area contributed by atoms with Crippen molar-refractivity contribution in [3.05, 3.63) is 144 Å². The van der Waals surface area contributed by atoms with E-state index in [-0.39, 0.29) is 28.9 Å². The van der Waals surface area contributed by atoms with Gasteiger partial charge in [0.1, 0.15) is 12.7 Å². The third kappa shape index (κ3) is 12.2. The molecule has 0 aromatic heterocycles. The molecule has 0 radical (unpaired) electrons. The zero-order chi connectivity index (χ0) is 40.7. The lowest BCUT2D eigenvalue weighted by atomic mass is 9.96. The minimum atomic E-state index is -5.08. The van der Waals surface area contributed by atoms with E-state index in [1.165, 1.54) is 5.06 Å². The van der Waals surface area contributed by atoms with E-state index in [0.29, 0.717) is 6.42 Å². The molecule has 5 rings (SSSR count). The van der Waals surface area contributed by atoms with E-state index < -0.39 is 73.3 Å². The number of rotatable bonds is 13. The number of carbonyl (C=O) groups excluding carboxylic acids is 4. The molecule has 0 aliphatic carbocycles. The monoisotopic (exact) mass is 781 g/mol. The van der Waals surface area contributed by atoms with E-state index in [1.54, 1.807) is 128 Å². The van der Waals surface area contributed by atoms with Gasteiger partial charge in [-0.15, -0.1) is 0 Å². The van der Waals surface area contributed by atoms with Gasteiger partial charge >= 0.3 is 36.0 Å². The van der Waals surface area contributed by atoms with Crippen molar-refractivity contribution in [1.82, 2.24) is 5.06 Å². The fourth-order valence-corrected chi connectivity index (χ4v) is 5.15. The van der Waals surface area contributed by atoms with Gasteiger partial charge in [-0.25, -0.2) is 24.0 Å². The Balaban J connectivity index is 0.000000908. The lowest BCUT2D eigenvalue weighted by Gasteiger charge is -2.46. The molecule has 4 aromatic rings. The highest BCUT2D eigenvalue weighted by Crippen LogP contribution is 2.32. The van der Waals surface area contributed by atoms with E-state index in [4.69, 9.17) is 38.4 Å². The van der Waals surface area contributed by atoms with Crippen molar-refractivity contribution in [2.75, 3.05) is 20.3 Å². The Labute approximate surface area is 319 Å². The van der Waals surface area contributed by atoms with Crippen LogP contribution in [0.5, 0.6) is 0 Å². The number of benzene rings is 4. The largest absolute Gasteiger partial charge is 0.490 e. The number of hydroxylamine groups is 2. The highest BCUT2D eigenvalue weighted by Gasteiger charge is 2.54. The summed E-state index contributed by atoms with van der Waals surface area (Å²) in [7, 11) is 1.57. The van der Waals surface area contributed by atoms with Crippen molar-refractivity contribution in [3.63, 3.8) is 0 Å². The molecule has 1 N–H and O–H groups in total. The van der Waals surface area contributed by atoms with Crippen molar-refractivity contribution < 1.29 is 70.8 Å². The molecule has 1 heterocycles. The van der Waals surface area contributed by atoms with Crippen LogP contribution in [-0.2, 0) is 33.3 Å². The summed E-state index contributed by atoms with van der Waals surface area (Å²) in [4.78, 5) is 68.6. The van der Waals surface area contributed by atoms with Crippen LogP contribution in [0.15, 0.2) is 121 Å². The SMILES string of the molecule is CCCON(C)[C@@H]1O[C@H](COC(=O)c2ccccc2)[C@@H](OC(=O)c2ccccc2)[C@H](OC(=O)c2ccccc2)[C@H]1OC(=O)c1ccccc1.O=C(O)C(F)(F)F. The molecule has 16 heteroatoms. The van der Waals surface area contributed by atoms with Crippen molar-refractivity contribution in [1.29, 1.82) is 0 Å². The van der Waals surface area contributed by atoms with Crippen LogP contribution in [0.3, 0.4) is 0 Å². The highest BCUT2D eigenvalue weighted by molar-refractivity contribution is 5.91. The van der Waals surface area contributed by atoms with Crippen molar-refractivity contribution in [2.24, 2.45) is 0 Å². The molecule has 5 atom stereocenters. The summed E-state index contributed by atoms with van der Waals surface area (Å²) in [5.41, 5.74) is 0.926. The minimum absolute atomic E-state index is 0.203. The zero-order valence-corrected chi connectivity index (χ0v) is 30.1. The van der Waals surface area contributed by atoms with Crippen LogP contribution in [0.1, 0.15) is 54.8 Å². The van der Waals surface area contributed by atoms with Gasteiger partial charge in [0.25, 0.3) is 0 Å². The molecule has 0 unspecified atom stereocenters. The van der Waals surface area contributed by atoms with E-state index >= 15 is 0 Å². The lowest BCUT2D eigenvalue weighted by Crippen LogP contribution is -2.65. The van der Waals surface area contributed by atoms with Crippen LogP contribution in [0, 0.1) is 0 Å². The number of halogens is 3. The smallest absolute Gasteiger partial charge is 0.475 e. The summed E-state index contributed by atoms with van der Waals surface area (Å²) < 4.78 is 62.0. The number of nitrogens with zero attached hydrogens (tertiary/aromatic N) is 1. The number of aliphatic carboxylic acids is 1. The number of carboxylic acids is 1. The molecule has 1 aliphatic heterocycles. The van der Waals surface area contributed by atoms with E-state index in [9.17, 15) is 32.3 Å². The Morgan fingerprint density at radius 1 is 0.625 bits per heavy atom. The normalized spacial score (nSPS) is 19.1. The number of esters is 4. The summed E-state index contributed by atoms with van der Waals surface area (Å²) in [5, 5.41) is 8.47. The van der Waals surface area contributed by atoms with Gasteiger partial charge in [0.15, 0.2) is 24.5 Å². The molecule has 1 fully saturated rings. The maximum Gasteiger partial charge on any atom is 0.490 e. The summed E-state index contributed by atoms with van der Waals surface area (Å²) in [6.07, 6.45) is -11.1. The van der Waals surface area contributed by atoms with Crippen LogP contribution < -0.4 is 0 Å². The fourth-order valence-electron chi connectivity index (χ4n) is 5.15. The van der Waals surface area contributed by atoms with Gasteiger partial charge in [-0.3, -0.25) is 4.84 Å². The Morgan fingerprint density at radius 3 is 1.36 bits per heavy atom. The predicted molar refractivity (Wildman–Crippen MR) is 190 cm³/mol. The summed E-state index contributed by atoms with van der Waals surface area (Å²) in [5.74, 6) is -5.69. The number of likely N-dealkylation sites (N-methyl/N-ethyl adjacent to an activating group) is 1. The van der Waals surface area contributed by atoms with Crippen molar-refractivity contribution in [3.8, 4) is 0 Å². The topological polar surface area (TPSA) is 164 Å². The van der Waals surface area contributed by atoms with Gasteiger partial charge in [0, 0.05) is 7.05 Å². The molecule has 0 bridgehead atoms. The van der Waals surface area contributed by atoms with E-state index in [1.807, 2.05) is 6.92 Å². The van der Waals surface area contributed by atoms with Crippen LogP contribution in [0.4, 0.5) is 13.2 Å². The fraction of sp³-hybridized carbons (Fsp3) is 0.275. The predicted octanol–water partition coefficient (Wildman–Crippen LogP) is 6.15. The van der Waals surface area contributed by atoms with Crippen LogP contribution in [-0.4, -0.2) is 97.1 Å². The highest BCUT2D eigenvalue weighted by atomic mass is 19.4. The maximum atomic E-state index is 13.6. The number of hydrogen-bond donors (Lipinski definition) is 1. The summed E-state index contributed by atoms with van der Waals surface area (Å²) in [6, 6.07) is 33.0. The Bertz CT molecular complexity index is 1880. The molecule has 0 spiro atoms. The van der Waals surface area contributed by atoms with Crippen molar-refractivity contribution in [2.45, 2.75) is 50.2 Å². The second kappa shape index (κ2) is 20.5. The molecule has 1 aliphatic rings. The van der Waals surface area contributed by atoms with E-state index in [2.05, 4.69) is 0 Å². The Hall–Kier alpha value is -6.10. The molecule has 0 saturated carbocycles. The summed E-state index contributed by atoms with van der Waals surface area (Å²) in [6.45, 7) is 1.78. The van der Waals surface area contributed by atoms with Gasteiger partial charge in [-0.1, -0.05) is 79.7 Å². The standard InChI is InChI=1S/C38H37NO10.C2HF3O2/c1-3-24-45-39(2)34-33(49-38(43)29-22-14-7-15-23-29)32(48-37(42)28-20-12-6-13-21-28)31(47-36(41)27-18-10-5-11-19-27)30(46-34)25-44-35(40)26-16-8-4-9-17-26;3-2(4,5)1(6)7/h4-23,30-34H,3,24-25H2,1-2H3;(H,6,7)/t30-,31-,32+,33-,34-;/m1./s1. The maximum absolute atomic E-state index is 13.6. The van der Waals surface area contributed by atoms with Gasteiger partial charge in [-0.2, -0.15) is 18.2 Å². The molecule has 0 amide bonds. The average molecular weight is 782 g/mol. The van der Waals surface area contributed by atoms with Gasteiger partial charge in [-0.05, 0) is 55.0 Å². The molecule has 56 heavy (non-hydrogen) atoms. The van der Waals surface area contributed by atoms with Crippen molar-refractivity contribution >= 4 is 29.8 Å². The third-order valence-electron chi connectivity index (χ3n) is 7.86. The Morgan fingerprint density at radius 2 is 0.982 bits per heavy atom. The average Bonchev–Trinajstić information content (AvgIpc) is 3.21. The molecule has 1 saturated heterocycles. The first-order chi connectivity index (χ1) is 26.8. The van der Waals surface area contributed by atoms with Gasteiger partial charge < -0.3 is 28.8 Å². The van der Waals surface area contributed by atoms with Gasteiger partial charge in [0.2, 0.25) is 0 Å². The first-order valence-corrected chi connectivity index (χ1v) is 17.1. The minimum Gasteiger partial charge on any atom is -0.475 e. The second-order valence-corrected chi connectivity index (χ2v) is 11.9. The molecular formula is C40H38F3NO12. The first kappa shape index (κ1) is 42.6. The quantitative estimate of drug-likeness (QED) is 0.0934. The number of carbonyl (C=O) groups is 5. The zero-order valence-electron chi connectivity index (χ0n) is 30.1. The molecule has 296 valence electrons. The van der Waals surface area contributed by atoms with E-state index in [0.717, 1.165) is 0 Å². The number of hydrogen-bond acceptors (Lipinski definition) is 12. The first-order valence-electron chi connectivity index (χ1n) is 17.1. The molecular weight excluding hydrogens is 743 g/mol. The van der Waals surface area contributed by atoms with Crippen LogP contribution in [0.2, 0.25) is 0 Å². The second-order valence-electron chi connectivity index (χ2n) is 11.9.